The maximum absolute atomic E-state index is 9.06. The second-order valence-electron chi connectivity index (χ2n) is 3.69. The molecule has 0 fully saturated rings. The van der Waals surface area contributed by atoms with Crippen LogP contribution in [0.25, 0.3) is 5.57 Å². The zero-order valence-corrected chi connectivity index (χ0v) is 11.0. The molecule has 0 saturated heterocycles. The molecule has 4 nitrogen and oxygen atoms in total. The average Bonchev–Trinajstić information content (AvgIpc) is 2.75. The summed E-state index contributed by atoms with van der Waals surface area (Å²) < 4.78 is 4.91. The van der Waals surface area contributed by atoms with Gasteiger partial charge in [-0.15, -0.1) is 11.3 Å². The minimum absolute atomic E-state index is 0.291. The minimum atomic E-state index is 0.291. The first-order chi connectivity index (χ1) is 8.08. The largest absolute Gasteiger partial charge is 0.382 e. The normalized spacial score (nSPS) is 11.1. The zero-order valence-electron chi connectivity index (χ0n) is 10.2. The third-order valence-corrected chi connectivity index (χ3v) is 3.14. The van der Waals surface area contributed by atoms with E-state index in [0.717, 1.165) is 9.75 Å². The number of nitrogens with zero attached hydrogens (tertiary/aromatic N) is 2. The first-order valence-electron chi connectivity index (χ1n) is 5.03. The molecule has 0 aliphatic carbocycles. The molecule has 1 aromatic heterocycles. The number of methoxy groups -OCH3 is 1. The Labute approximate surface area is 105 Å². The third kappa shape index (κ3) is 3.70. The van der Waals surface area contributed by atoms with Crippen LogP contribution in [-0.2, 0) is 4.74 Å². The van der Waals surface area contributed by atoms with Gasteiger partial charge in [0.15, 0.2) is 0 Å². The number of ether oxygens (including phenoxy) is 1. The minimum Gasteiger partial charge on any atom is -0.382 e. The van der Waals surface area contributed by atoms with Gasteiger partial charge in [0.2, 0.25) is 0 Å². The van der Waals surface area contributed by atoms with Crippen molar-refractivity contribution >= 4 is 22.6 Å². The number of rotatable bonds is 5. The van der Waals surface area contributed by atoms with Crippen molar-refractivity contribution in [2.75, 3.05) is 27.8 Å². The maximum Gasteiger partial charge on any atom is 0.102 e. The lowest BCUT2D eigenvalue weighted by Crippen LogP contribution is -2.04. The van der Waals surface area contributed by atoms with E-state index < -0.39 is 0 Å². The first-order valence-corrected chi connectivity index (χ1v) is 5.85. The second kappa shape index (κ2) is 6.18. The van der Waals surface area contributed by atoms with Crippen molar-refractivity contribution in [3.05, 3.63) is 28.1 Å². The molecule has 0 saturated carbocycles. The van der Waals surface area contributed by atoms with Gasteiger partial charge in [0.1, 0.15) is 6.07 Å². The highest BCUT2D eigenvalue weighted by Gasteiger charge is 2.09. The monoisotopic (exact) mass is 249 g/mol. The van der Waals surface area contributed by atoms with Crippen LogP contribution in [0.1, 0.15) is 9.75 Å². The van der Waals surface area contributed by atoms with Crippen LogP contribution in [0.5, 0.6) is 0 Å². The van der Waals surface area contributed by atoms with Crippen LogP contribution in [0, 0.1) is 16.7 Å². The molecular weight excluding hydrogens is 234 g/mol. The quantitative estimate of drug-likeness (QED) is 0.642. The zero-order chi connectivity index (χ0) is 12.8. The Morgan fingerprint density at radius 2 is 2.18 bits per heavy atom. The van der Waals surface area contributed by atoms with Crippen LogP contribution in [0.4, 0.5) is 0 Å². The van der Waals surface area contributed by atoms with E-state index in [9.17, 15) is 0 Å². The SMILES string of the molecule is COCC(=N)c1ccc(/C(C#N)=C\N(C)C)s1. The molecule has 5 heteroatoms. The number of nitriles is 1. The summed E-state index contributed by atoms with van der Waals surface area (Å²) >= 11 is 1.43. The smallest absolute Gasteiger partial charge is 0.102 e. The molecule has 0 radical (unpaired) electrons. The predicted octanol–water partition coefficient (Wildman–Crippen LogP) is 2.19. The predicted molar refractivity (Wildman–Crippen MR) is 70.3 cm³/mol. The van der Waals surface area contributed by atoms with E-state index in [1.165, 1.54) is 11.3 Å². The van der Waals surface area contributed by atoms with Crippen LogP contribution in [0.15, 0.2) is 18.3 Å². The van der Waals surface area contributed by atoms with Crippen LogP contribution in [-0.4, -0.2) is 38.4 Å². The van der Waals surface area contributed by atoms with Gasteiger partial charge in [0.25, 0.3) is 0 Å². The average molecular weight is 249 g/mol. The van der Waals surface area contributed by atoms with Gasteiger partial charge in [0, 0.05) is 32.3 Å². The Morgan fingerprint density at radius 3 is 2.71 bits per heavy atom. The molecule has 0 aromatic carbocycles. The van der Waals surface area contributed by atoms with Crippen molar-refractivity contribution in [1.82, 2.24) is 4.90 Å². The highest BCUT2D eigenvalue weighted by Crippen LogP contribution is 2.24. The van der Waals surface area contributed by atoms with Gasteiger partial charge >= 0.3 is 0 Å². The van der Waals surface area contributed by atoms with E-state index in [2.05, 4.69) is 6.07 Å². The van der Waals surface area contributed by atoms with Crippen LogP contribution < -0.4 is 0 Å². The maximum atomic E-state index is 9.06. The standard InChI is InChI=1S/C12H15N3OS/c1-15(2)7-9(6-13)11-4-5-12(17-11)10(14)8-16-3/h4-5,7,14H,8H2,1-3H3/b9-7-,14-10?. The molecule has 0 unspecified atom stereocenters. The van der Waals surface area contributed by atoms with Crippen molar-refractivity contribution in [1.29, 1.82) is 10.7 Å². The third-order valence-electron chi connectivity index (χ3n) is 1.97. The Kier molecular flexibility index (Phi) is 4.88. The second-order valence-corrected chi connectivity index (χ2v) is 4.78. The molecular formula is C12H15N3OS. The molecule has 0 aliphatic rings. The number of allylic oxidation sites excluding steroid dienone is 1. The summed E-state index contributed by atoms with van der Waals surface area (Å²) in [5.74, 6) is 0. The fourth-order valence-corrected chi connectivity index (χ4v) is 2.17. The van der Waals surface area contributed by atoms with Crippen molar-refractivity contribution in [2.45, 2.75) is 0 Å². The summed E-state index contributed by atoms with van der Waals surface area (Å²) in [6.45, 7) is 0.291. The molecule has 0 spiro atoms. The Morgan fingerprint density at radius 1 is 1.53 bits per heavy atom. The van der Waals surface area contributed by atoms with Crippen LogP contribution in [0.3, 0.4) is 0 Å². The van der Waals surface area contributed by atoms with E-state index >= 15 is 0 Å². The van der Waals surface area contributed by atoms with Gasteiger partial charge in [-0.05, 0) is 12.1 Å². The van der Waals surface area contributed by atoms with E-state index in [4.69, 9.17) is 15.4 Å². The molecule has 0 atom stereocenters. The molecule has 90 valence electrons. The van der Waals surface area contributed by atoms with E-state index in [-0.39, 0.29) is 0 Å². The Balaban J connectivity index is 2.95. The molecule has 0 amide bonds. The van der Waals surface area contributed by atoms with Gasteiger partial charge in [-0.3, -0.25) is 0 Å². The van der Waals surface area contributed by atoms with Crippen molar-refractivity contribution in [2.24, 2.45) is 0 Å². The summed E-state index contributed by atoms with van der Waals surface area (Å²) in [6.07, 6.45) is 1.77. The van der Waals surface area contributed by atoms with Gasteiger partial charge in [-0.2, -0.15) is 5.26 Å². The van der Waals surface area contributed by atoms with Crippen LogP contribution in [0.2, 0.25) is 0 Å². The molecule has 0 bridgehead atoms. The summed E-state index contributed by atoms with van der Waals surface area (Å²) in [4.78, 5) is 3.54. The number of hydrogen-bond donors (Lipinski definition) is 1. The van der Waals surface area contributed by atoms with Crippen molar-refractivity contribution in [3.8, 4) is 6.07 Å². The van der Waals surface area contributed by atoms with Gasteiger partial charge < -0.3 is 15.0 Å². The Bertz CT molecular complexity index is 468. The number of nitrogens with one attached hydrogen (secondary N) is 1. The van der Waals surface area contributed by atoms with Gasteiger partial charge in [-0.25, -0.2) is 0 Å². The van der Waals surface area contributed by atoms with Gasteiger partial charge in [0.05, 0.1) is 22.8 Å². The molecule has 1 N–H and O–H groups in total. The topological polar surface area (TPSA) is 60.1 Å². The highest BCUT2D eigenvalue weighted by molar-refractivity contribution is 7.15. The number of thiophene rings is 1. The van der Waals surface area contributed by atoms with Gasteiger partial charge in [-0.1, -0.05) is 0 Å². The van der Waals surface area contributed by atoms with E-state index in [1.54, 1.807) is 13.3 Å². The summed E-state index contributed by atoms with van der Waals surface area (Å²) in [7, 11) is 5.31. The van der Waals surface area contributed by atoms with Crippen molar-refractivity contribution < 1.29 is 4.74 Å². The summed E-state index contributed by atoms with van der Waals surface area (Å²) in [6, 6.07) is 5.88. The van der Waals surface area contributed by atoms with Crippen LogP contribution >= 0.6 is 11.3 Å². The molecule has 1 rings (SSSR count). The highest BCUT2D eigenvalue weighted by atomic mass is 32.1. The molecule has 17 heavy (non-hydrogen) atoms. The molecule has 1 heterocycles. The fraction of sp³-hybridized carbons (Fsp3) is 0.333. The molecule has 0 aliphatic heterocycles. The number of hydrogen-bond acceptors (Lipinski definition) is 5. The van der Waals surface area contributed by atoms with Crippen molar-refractivity contribution in [3.63, 3.8) is 0 Å². The first kappa shape index (κ1) is 13.4. The summed E-state index contributed by atoms with van der Waals surface area (Å²) in [5, 5.41) is 16.8. The summed E-state index contributed by atoms with van der Waals surface area (Å²) in [5.41, 5.74) is 1.04. The lowest BCUT2D eigenvalue weighted by atomic mass is 10.2. The lowest BCUT2D eigenvalue weighted by molar-refractivity contribution is 0.245. The molecule has 1 aromatic rings. The Hall–Kier alpha value is -1.64. The van der Waals surface area contributed by atoms with E-state index in [0.29, 0.717) is 17.9 Å². The lowest BCUT2D eigenvalue weighted by Gasteiger charge is -2.04. The van der Waals surface area contributed by atoms with E-state index in [1.807, 2.05) is 31.1 Å². The fourth-order valence-electron chi connectivity index (χ4n) is 1.27.